The number of fused-ring (bicyclic) bond motifs is 12. The van der Waals surface area contributed by atoms with E-state index in [0.717, 1.165) is 39.0 Å². The molecule has 2 nitrogen and oxygen atoms in total. The van der Waals surface area contributed by atoms with Crippen LogP contribution in [0.4, 0.5) is 17.1 Å². The molecule has 8 aromatic carbocycles. The zero-order chi connectivity index (χ0) is 37.3. The number of para-hydroxylation sites is 1. The standard InChI is InChI=1S/C53H37NOS/c1-52(2)42-19-9-4-14-34(42)37-26-24-32(28-45(37)52)54(33-25-27-40-39-18-8-13-23-50(39)56-51(40)29-33)47-31-49-41(38-17-7-12-22-48(38)55-49)30-46(47)53(3)43-20-10-5-15-35(43)36-16-6-11-21-44(36)53/h4-31H,1-3H3. The molecule has 0 spiro atoms. The second-order valence-electron chi connectivity index (χ2n) is 16.2. The minimum Gasteiger partial charge on any atom is -0.456 e. The molecule has 0 amide bonds. The van der Waals surface area contributed by atoms with Gasteiger partial charge in [0.1, 0.15) is 11.2 Å². The molecule has 0 saturated heterocycles. The molecule has 0 fully saturated rings. The third-order valence-corrected chi connectivity index (χ3v) is 14.1. The van der Waals surface area contributed by atoms with Crippen LogP contribution < -0.4 is 4.90 Å². The maximum absolute atomic E-state index is 6.74. The number of thiophene rings is 1. The van der Waals surface area contributed by atoms with Gasteiger partial charge in [0.05, 0.1) is 5.69 Å². The number of anilines is 3. The van der Waals surface area contributed by atoms with E-state index < -0.39 is 5.41 Å². The molecular formula is C53H37NOS. The lowest BCUT2D eigenvalue weighted by molar-refractivity contribution is 0.660. The molecular weight excluding hydrogens is 699 g/mol. The smallest absolute Gasteiger partial charge is 0.137 e. The predicted octanol–water partition coefficient (Wildman–Crippen LogP) is 15.1. The fourth-order valence-electron chi connectivity index (χ4n) is 10.2. The maximum atomic E-state index is 6.74. The topological polar surface area (TPSA) is 16.4 Å². The predicted molar refractivity (Wildman–Crippen MR) is 236 cm³/mol. The lowest BCUT2D eigenvalue weighted by Gasteiger charge is -2.36. The first kappa shape index (κ1) is 31.9. The lowest BCUT2D eigenvalue weighted by Crippen LogP contribution is -2.26. The Morgan fingerprint density at radius 2 is 0.982 bits per heavy atom. The number of hydrogen-bond acceptors (Lipinski definition) is 3. The van der Waals surface area contributed by atoms with E-state index >= 15 is 0 Å². The first-order chi connectivity index (χ1) is 27.4. The van der Waals surface area contributed by atoms with Crippen molar-refractivity contribution in [3.63, 3.8) is 0 Å². The normalized spacial score (nSPS) is 14.6. The Hall–Kier alpha value is -6.42. The third kappa shape index (κ3) is 4.21. The van der Waals surface area contributed by atoms with Crippen molar-refractivity contribution in [3.05, 3.63) is 198 Å². The molecule has 266 valence electrons. The summed E-state index contributed by atoms with van der Waals surface area (Å²) in [7, 11) is 0. The van der Waals surface area contributed by atoms with Crippen LogP contribution in [-0.2, 0) is 10.8 Å². The summed E-state index contributed by atoms with van der Waals surface area (Å²) < 4.78 is 9.32. The summed E-state index contributed by atoms with van der Waals surface area (Å²) in [5, 5.41) is 4.86. The minimum atomic E-state index is -0.457. The molecule has 0 aliphatic heterocycles. The summed E-state index contributed by atoms with van der Waals surface area (Å²) in [6.45, 7) is 7.17. The molecule has 12 rings (SSSR count). The number of furan rings is 1. The second kappa shape index (κ2) is 11.3. The van der Waals surface area contributed by atoms with Gasteiger partial charge in [0.2, 0.25) is 0 Å². The van der Waals surface area contributed by atoms with Crippen molar-refractivity contribution < 1.29 is 4.42 Å². The van der Waals surface area contributed by atoms with Gasteiger partial charge >= 0.3 is 0 Å². The van der Waals surface area contributed by atoms with Crippen molar-refractivity contribution in [3.8, 4) is 22.3 Å². The molecule has 56 heavy (non-hydrogen) atoms. The fourth-order valence-corrected chi connectivity index (χ4v) is 11.3. The van der Waals surface area contributed by atoms with Crippen molar-refractivity contribution in [2.45, 2.75) is 31.6 Å². The van der Waals surface area contributed by atoms with Crippen LogP contribution in [0, 0.1) is 0 Å². The van der Waals surface area contributed by atoms with Crippen LogP contribution in [0.3, 0.4) is 0 Å². The Kier molecular flexibility index (Phi) is 6.44. The summed E-state index contributed by atoms with van der Waals surface area (Å²) in [4.78, 5) is 2.51. The van der Waals surface area contributed by atoms with Crippen molar-refractivity contribution >= 4 is 70.5 Å². The summed E-state index contributed by atoms with van der Waals surface area (Å²) >= 11 is 1.87. The van der Waals surface area contributed by atoms with Crippen LogP contribution in [0.25, 0.3) is 64.4 Å². The van der Waals surface area contributed by atoms with Gasteiger partial charge in [-0.15, -0.1) is 11.3 Å². The average molecular weight is 736 g/mol. The molecule has 2 aliphatic carbocycles. The quantitative estimate of drug-likeness (QED) is 0.179. The fraction of sp³-hybridized carbons (Fsp3) is 0.0943. The van der Waals surface area contributed by atoms with Gasteiger partial charge in [-0.1, -0.05) is 135 Å². The van der Waals surface area contributed by atoms with E-state index in [-0.39, 0.29) is 5.41 Å². The van der Waals surface area contributed by atoms with Crippen molar-refractivity contribution in [2.24, 2.45) is 0 Å². The summed E-state index contributed by atoms with van der Waals surface area (Å²) in [6, 6.07) is 63.1. The maximum Gasteiger partial charge on any atom is 0.137 e. The van der Waals surface area contributed by atoms with Gasteiger partial charge < -0.3 is 9.32 Å². The van der Waals surface area contributed by atoms with E-state index in [9.17, 15) is 0 Å². The van der Waals surface area contributed by atoms with Crippen molar-refractivity contribution in [1.29, 1.82) is 0 Å². The van der Waals surface area contributed by atoms with Gasteiger partial charge in [0.15, 0.2) is 0 Å². The van der Waals surface area contributed by atoms with E-state index in [2.05, 4.69) is 196 Å². The first-order valence-corrected chi connectivity index (χ1v) is 20.3. The van der Waals surface area contributed by atoms with Crippen LogP contribution in [0.15, 0.2) is 174 Å². The highest BCUT2D eigenvalue weighted by Gasteiger charge is 2.43. The highest BCUT2D eigenvalue weighted by molar-refractivity contribution is 7.25. The molecule has 10 aromatic rings. The molecule has 0 radical (unpaired) electrons. The highest BCUT2D eigenvalue weighted by atomic mass is 32.1. The van der Waals surface area contributed by atoms with Crippen LogP contribution >= 0.6 is 11.3 Å². The average Bonchev–Trinajstić information content (AvgIpc) is 3.93. The first-order valence-electron chi connectivity index (χ1n) is 19.5. The van der Waals surface area contributed by atoms with Crippen LogP contribution in [0.2, 0.25) is 0 Å². The SMILES string of the molecule is CC1(C)c2ccccc2-c2ccc(N(c3ccc4c(c3)sc3ccccc34)c3cc4oc5ccccc5c4cc3C3(C)c4ccccc4-c4ccccc43)cc21. The van der Waals surface area contributed by atoms with E-state index in [4.69, 9.17) is 4.42 Å². The summed E-state index contributed by atoms with van der Waals surface area (Å²) in [5.41, 5.74) is 16.4. The van der Waals surface area contributed by atoms with E-state index in [0.29, 0.717) is 0 Å². The number of benzene rings is 8. The number of hydrogen-bond donors (Lipinski definition) is 0. The molecule has 0 saturated carbocycles. The van der Waals surface area contributed by atoms with Crippen LogP contribution in [-0.4, -0.2) is 0 Å². The molecule has 0 atom stereocenters. The van der Waals surface area contributed by atoms with Crippen LogP contribution in [0.5, 0.6) is 0 Å². The Morgan fingerprint density at radius 1 is 0.411 bits per heavy atom. The van der Waals surface area contributed by atoms with Gasteiger partial charge in [0.25, 0.3) is 0 Å². The van der Waals surface area contributed by atoms with E-state index in [1.54, 1.807) is 0 Å². The van der Waals surface area contributed by atoms with Gasteiger partial charge in [-0.25, -0.2) is 0 Å². The minimum absolute atomic E-state index is 0.149. The summed E-state index contributed by atoms with van der Waals surface area (Å²) in [5.74, 6) is 0. The number of nitrogens with zero attached hydrogens (tertiary/aromatic N) is 1. The van der Waals surface area contributed by atoms with Crippen molar-refractivity contribution in [2.75, 3.05) is 4.90 Å². The third-order valence-electron chi connectivity index (χ3n) is 12.9. The largest absolute Gasteiger partial charge is 0.456 e. The molecule has 2 heterocycles. The Balaban J connectivity index is 1.20. The van der Waals surface area contributed by atoms with Gasteiger partial charge in [-0.3, -0.25) is 0 Å². The van der Waals surface area contributed by atoms with Crippen molar-refractivity contribution in [1.82, 2.24) is 0 Å². The Labute approximate surface area is 329 Å². The van der Waals surface area contributed by atoms with Crippen LogP contribution in [0.1, 0.15) is 48.6 Å². The van der Waals surface area contributed by atoms with Gasteiger partial charge in [-0.05, 0) is 99.5 Å². The molecule has 3 heteroatoms. The van der Waals surface area contributed by atoms with E-state index in [1.165, 1.54) is 70.2 Å². The molecule has 0 unspecified atom stereocenters. The lowest BCUT2D eigenvalue weighted by atomic mass is 9.73. The molecule has 0 N–H and O–H groups in total. The zero-order valence-electron chi connectivity index (χ0n) is 31.4. The van der Waals surface area contributed by atoms with Gasteiger partial charge in [0, 0.05) is 59.2 Å². The Morgan fingerprint density at radius 3 is 1.75 bits per heavy atom. The molecule has 0 bridgehead atoms. The second-order valence-corrected chi connectivity index (χ2v) is 17.3. The zero-order valence-corrected chi connectivity index (χ0v) is 32.2. The van der Waals surface area contributed by atoms with E-state index in [1.807, 2.05) is 11.3 Å². The molecule has 2 aromatic heterocycles. The monoisotopic (exact) mass is 735 g/mol. The highest BCUT2D eigenvalue weighted by Crippen LogP contribution is 2.57. The molecule has 2 aliphatic rings. The summed E-state index contributed by atoms with van der Waals surface area (Å²) in [6.07, 6.45) is 0. The number of rotatable bonds is 4. The van der Waals surface area contributed by atoms with Gasteiger partial charge in [-0.2, -0.15) is 0 Å². The Bertz CT molecular complexity index is 3220.